The molecule has 74 valence electrons. The van der Waals surface area contributed by atoms with Crippen LogP contribution in [0.2, 0.25) is 0 Å². The minimum absolute atomic E-state index is 0.103. The number of aldehydes is 1. The van der Waals surface area contributed by atoms with Crippen molar-refractivity contribution >= 4 is 17.1 Å². The summed E-state index contributed by atoms with van der Waals surface area (Å²) in [6.07, 6.45) is 2.58. The van der Waals surface area contributed by atoms with E-state index in [0.29, 0.717) is 5.56 Å². The lowest BCUT2D eigenvalue weighted by atomic mass is 10.00. The van der Waals surface area contributed by atoms with Gasteiger partial charge in [-0.1, -0.05) is 18.2 Å². The van der Waals surface area contributed by atoms with E-state index in [-0.39, 0.29) is 5.75 Å². The predicted molar refractivity (Wildman–Crippen MR) is 58.4 cm³/mol. The van der Waals surface area contributed by atoms with Crippen LogP contribution in [0.1, 0.15) is 21.5 Å². The topological polar surface area (TPSA) is 37.3 Å². The molecule has 2 aromatic rings. The average Bonchev–Trinajstić information content (AvgIpc) is 2.64. The first-order valence-corrected chi connectivity index (χ1v) is 5.03. The van der Waals surface area contributed by atoms with Crippen molar-refractivity contribution in [2.24, 2.45) is 0 Å². The van der Waals surface area contributed by atoms with E-state index < -0.39 is 0 Å². The quantitative estimate of drug-likeness (QED) is 0.714. The maximum absolute atomic E-state index is 10.9. The van der Waals surface area contributed by atoms with Gasteiger partial charge in [-0.05, 0) is 40.8 Å². The second kappa shape index (κ2) is 2.83. The predicted octanol–water partition coefficient (Wildman–Crippen LogP) is 2.46. The number of carbonyl (C=O) groups excluding carboxylic acids is 1. The van der Waals surface area contributed by atoms with Crippen molar-refractivity contribution in [1.29, 1.82) is 0 Å². The first kappa shape index (κ1) is 8.48. The summed E-state index contributed by atoms with van der Waals surface area (Å²) in [7, 11) is 0. The lowest BCUT2D eigenvalue weighted by Crippen LogP contribution is -1.90. The molecule has 0 unspecified atom stereocenters. The highest BCUT2D eigenvalue weighted by Crippen LogP contribution is 2.36. The van der Waals surface area contributed by atoms with Gasteiger partial charge in [-0.3, -0.25) is 4.79 Å². The number of phenols is 1. The van der Waals surface area contributed by atoms with Crippen LogP contribution in [0.3, 0.4) is 0 Å². The summed E-state index contributed by atoms with van der Waals surface area (Å²) in [6.45, 7) is 0. The first-order valence-electron chi connectivity index (χ1n) is 5.03. The van der Waals surface area contributed by atoms with Gasteiger partial charge in [0.05, 0.1) is 5.56 Å². The molecule has 0 amide bonds. The Morgan fingerprint density at radius 3 is 2.93 bits per heavy atom. The number of benzene rings is 2. The van der Waals surface area contributed by atoms with Gasteiger partial charge >= 0.3 is 0 Å². The van der Waals surface area contributed by atoms with Gasteiger partial charge in [-0.2, -0.15) is 0 Å². The molecule has 1 aliphatic rings. The molecule has 2 heteroatoms. The Morgan fingerprint density at radius 2 is 2.13 bits per heavy atom. The highest BCUT2D eigenvalue weighted by molar-refractivity contribution is 5.99. The lowest BCUT2D eigenvalue weighted by molar-refractivity contribution is 0.112. The van der Waals surface area contributed by atoms with Crippen LogP contribution in [0.25, 0.3) is 10.8 Å². The minimum Gasteiger partial charge on any atom is -0.507 e. The van der Waals surface area contributed by atoms with Crippen LogP contribution >= 0.6 is 0 Å². The summed E-state index contributed by atoms with van der Waals surface area (Å²) in [5.74, 6) is 0.103. The molecule has 15 heavy (non-hydrogen) atoms. The fourth-order valence-corrected chi connectivity index (χ4v) is 2.48. The van der Waals surface area contributed by atoms with Gasteiger partial charge in [0.25, 0.3) is 0 Å². The van der Waals surface area contributed by atoms with Crippen molar-refractivity contribution < 1.29 is 9.90 Å². The second-order valence-electron chi connectivity index (χ2n) is 3.92. The van der Waals surface area contributed by atoms with E-state index in [1.165, 1.54) is 5.56 Å². The van der Waals surface area contributed by atoms with Crippen LogP contribution in [0.5, 0.6) is 5.75 Å². The fraction of sp³-hybridized carbons (Fsp3) is 0.154. The number of rotatable bonds is 1. The number of aromatic hydroxyl groups is 1. The van der Waals surface area contributed by atoms with Crippen LogP contribution in [-0.4, -0.2) is 11.4 Å². The van der Waals surface area contributed by atoms with Gasteiger partial charge in [0.1, 0.15) is 5.75 Å². The normalized spacial score (nSPS) is 13.3. The third-order valence-corrected chi connectivity index (χ3v) is 3.14. The Morgan fingerprint density at radius 1 is 1.27 bits per heavy atom. The third kappa shape index (κ3) is 1.02. The lowest BCUT2D eigenvalue weighted by Gasteiger charge is -2.06. The molecule has 2 nitrogen and oxygen atoms in total. The zero-order chi connectivity index (χ0) is 10.4. The molecule has 0 radical (unpaired) electrons. The van der Waals surface area contributed by atoms with E-state index in [9.17, 15) is 9.90 Å². The van der Waals surface area contributed by atoms with E-state index in [1.807, 2.05) is 12.1 Å². The molecule has 3 rings (SSSR count). The Hall–Kier alpha value is -1.83. The Balaban J connectivity index is 2.53. The van der Waals surface area contributed by atoms with E-state index in [1.54, 1.807) is 6.07 Å². The summed E-state index contributed by atoms with van der Waals surface area (Å²) < 4.78 is 0. The molecular weight excluding hydrogens is 188 g/mol. The Bertz CT molecular complexity index is 570. The van der Waals surface area contributed by atoms with Crippen LogP contribution < -0.4 is 0 Å². The van der Waals surface area contributed by atoms with E-state index in [4.69, 9.17) is 0 Å². The molecule has 2 aromatic carbocycles. The fourth-order valence-electron chi connectivity index (χ4n) is 2.48. The minimum atomic E-state index is 0.103. The maximum atomic E-state index is 10.9. The second-order valence-corrected chi connectivity index (χ2v) is 3.92. The van der Waals surface area contributed by atoms with Gasteiger partial charge in [-0.15, -0.1) is 0 Å². The largest absolute Gasteiger partial charge is 0.507 e. The first-order chi connectivity index (χ1) is 7.31. The Labute approximate surface area is 87.2 Å². The SMILES string of the molecule is O=Cc1c(O)cc2cccc3c2c1CC3. The molecule has 0 aromatic heterocycles. The van der Waals surface area contributed by atoms with Crippen LogP contribution in [-0.2, 0) is 12.8 Å². The van der Waals surface area contributed by atoms with Crippen LogP contribution in [0, 0.1) is 0 Å². The van der Waals surface area contributed by atoms with Gasteiger partial charge in [0.2, 0.25) is 0 Å². The average molecular weight is 198 g/mol. The smallest absolute Gasteiger partial charge is 0.154 e. The van der Waals surface area contributed by atoms with Gasteiger partial charge < -0.3 is 5.11 Å². The molecule has 0 bridgehead atoms. The van der Waals surface area contributed by atoms with E-state index in [0.717, 1.165) is 35.5 Å². The van der Waals surface area contributed by atoms with Crippen molar-refractivity contribution in [2.45, 2.75) is 12.8 Å². The zero-order valence-corrected chi connectivity index (χ0v) is 8.16. The number of carbonyl (C=O) groups is 1. The summed E-state index contributed by atoms with van der Waals surface area (Å²) in [4.78, 5) is 10.9. The maximum Gasteiger partial charge on any atom is 0.154 e. The number of hydrogen-bond donors (Lipinski definition) is 1. The molecule has 1 N–H and O–H groups in total. The molecule has 0 aliphatic heterocycles. The van der Waals surface area contributed by atoms with E-state index >= 15 is 0 Å². The molecule has 0 fully saturated rings. The highest BCUT2D eigenvalue weighted by atomic mass is 16.3. The number of phenolic OH excluding ortho intramolecular Hbond substituents is 1. The highest BCUT2D eigenvalue weighted by Gasteiger charge is 2.19. The van der Waals surface area contributed by atoms with Crippen molar-refractivity contribution in [3.8, 4) is 5.75 Å². The summed E-state index contributed by atoms with van der Waals surface area (Å²) >= 11 is 0. The molecule has 0 atom stereocenters. The van der Waals surface area contributed by atoms with Crippen LogP contribution in [0.4, 0.5) is 0 Å². The molecule has 0 heterocycles. The van der Waals surface area contributed by atoms with Gasteiger partial charge in [-0.25, -0.2) is 0 Å². The monoisotopic (exact) mass is 198 g/mol. The van der Waals surface area contributed by atoms with Crippen molar-refractivity contribution in [3.05, 3.63) is 41.0 Å². The number of aryl methyl sites for hydroxylation is 2. The van der Waals surface area contributed by atoms with Gasteiger partial charge in [0, 0.05) is 0 Å². The summed E-state index contributed by atoms with van der Waals surface area (Å²) in [6, 6.07) is 7.73. The molecule has 1 aliphatic carbocycles. The molecule has 0 saturated heterocycles. The van der Waals surface area contributed by atoms with Crippen molar-refractivity contribution in [1.82, 2.24) is 0 Å². The van der Waals surface area contributed by atoms with Crippen LogP contribution in [0.15, 0.2) is 24.3 Å². The van der Waals surface area contributed by atoms with Crippen molar-refractivity contribution in [2.75, 3.05) is 0 Å². The summed E-state index contributed by atoms with van der Waals surface area (Å²) in [5, 5.41) is 11.9. The van der Waals surface area contributed by atoms with E-state index in [2.05, 4.69) is 6.07 Å². The molecule has 0 spiro atoms. The van der Waals surface area contributed by atoms with Crippen molar-refractivity contribution in [3.63, 3.8) is 0 Å². The summed E-state index contributed by atoms with van der Waals surface area (Å²) in [5.41, 5.74) is 2.76. The molecule has 0 saturated carbocycles. The standard InChI is InChI=1S/C13H10O2/c14-7-11-10-5-4-8-2-1-3-9(13(8)10)6-12(11)15/h1-3,6-7,15H,4-5H2. The molecular formula is C13H10O2. The third-order valence-electron chi connectivity index (χ3n) is 3.14. The van der Waals surface area contributed by atoms with Gasteiger partial charge in [0.15, 0.2) is 6.29 Å². The number of hydrogen-bond acceptors (Lipinski definition) is 2. The zero-order valence-electron chi connectivity index (χ0n) is 8.16. The Kier molecular flexibility index (Phi) is 1.60.